The molecule has 0 amide bonds. The van der Waals surface area contributed by atoms with Crippen LogP contribution in [0.25, 0.3) is 0 Å². The number of nitrogens with one attached hydrogen (secondary N) is 1. The summed E-state index contributed by atoms with van der Waals surface area (Å²) in [6, 6.07) is 10.4. The van der Waals surface area contributed by atoms with Gasteiger partial charge in [-0.1, -0.05) is 37.3 Å². The number of benzene rings is 1. The molecular weight excluding hydrogens is 186 g/mol. The van der Waals surface area contributed by atoms with Gasteiger partial charge in [-0.3, -0.25) is 0 Å². The van der Waals surface area contributed by atoms with Crippen molar-refractivity contribution in [1.29, 1.82) is 0 Å². The molecule has 2 atom stereocenters. The highest BCUT2D eigenvalue weighted by Crippen LogP contribution is 2.16. The zero-order valence-corrected chi connectivity index (χ0v) is 9.28. The maximum absolute atomic E-state index is 5.94. The van der Waals surface area contributed by atoms with Crippen LogP contribution in [0, 0.1) is 5.92 Å². The van der Waals surface area contributed by atoms with Crippen molar-refractivity contribution in [3.05, 3.63) is 35.9 Å². The molecule has 0 aromatic heterocycles. The minimum absolute atomic E-state index is 0.423. The molecule has 15 heavy (non-hydrogen) atoms. The first-order valence-corrected chi connectivity index (χ1v) is 5.72. The van der Waals surface area contributed by atoms with Crippen LogP contribution in [0.5, 0.6) is 0 Å². The van der Waals surface area contributed by atoms with E-state index in [0.29, 0.717) is 12.0 Å². The Balaban J connectivity index is 1.82. The Morgan fingerprint density at radius 2 is 2.13 bits per heavy atom. The summed E-state index contributed by atoms with van der Waals surface area (Å²) in [4.78, 5) is 0. The van der Waals surface area contributed by atoms with E-state index in [4.69, 9.17) is 4.74 Å². The summed E-state index contributed by atoms with van der Waals surface area (Å²) in [7, 11) is 0. The van der Waals surface area contributed by atoms with Gasteiger partial charge in [-0.05, 0) is 24.4 Å². The van der Waals surface area contributed by atoms with Gasteiger partial charge in [0.05, 0.1) is 12.7 Å². The molecule has 2 heteroatoms. The average molecular weight is 205 g/mol. The van der Waals surface area contributed by atoms with Crippen LogP contribution in [0.15, 0.2) is 30.3 Å². The first-order valence-electron chi connectivity index (χ1n) is 5.72. The molecule has 0 radical (unpaired) electrons. The van der Waals surface area contributed by atoms with Gasteiger partial charge in [0, 0.05) is 6.54 Å². The standard InChI is InChI=1S/C13H19NO/c1-11-9-14-8-7-13(11)15-10-12-5-3-2-4-6-12/h2-6,11,13-14H,7-10H2,1H3. The van der Waals surface area contributed by atoms with Crippen molar-refractivity contribution in [2.75, 3.05) is 13.1 Å². The molecule has 2 unspecified atom stereocenters. The van der Waals surface area contributed by atoms with E-state index >= 15 is 0 Å². The Hall–Kier alpha value is -0.860. The van der Waals surface area contributed by atoms with Crippen LogP contribution in [-0.2, 0) is 11.3 Å². The molecule has 1 saturated heterocycles. The Bertz CT molecular complexity index is 286. The Kier molecular flexibility index (Phi) is 3.75. The molecule has 1 aliphatic rings. The Labute approximate surface area is 91.6 Å². The molecule has 1 aromatic rings. The van der Waals surface area contributed by atoms with E-state index in [2.05, 4.69) is 36.5 Å². The molecule has 2 nitrogen and oxygen atoms in total. The fourth-order valence-corrected chi connectivity index (χ4v) is 2.02. The molecule has 1 aromatic carbocycles. The summed E-state index contributed by atoms with van der Waals surface area (Å²) in [5, 5.41) is 3.38. The predicted octanol–water partition coefficient (Wildman–Crippen LogP) is 2.20. The molecular formula is C13H19NO. The van der Waals surface area contributed by atoms with Crippen LogP contribution in [0.3, 0.4) is 0 Å². The molecule has 0 spiro atoms. The van der Waals surface area contributed by atoms with Gasteiger partial charge >= 0.3 is 0 Å². The van der Waals surface area contributed by atoms with Gasteiger partial charge in [-0.2, -0.15) is 0 Å². The van der Waals surface area contributed by atoms with E-state index in [0.717, 1.165) is 26.1 Å². The molecule has 2 rings (SSSR count). The number of hydrogen-bond donors (Lipinski definition) is 1. The van der Waals surface area contributed by atoms with E-state index < -0.39 is 0 Å². The molecule has 82 valence electrons. The van der Waals surface area contributed by atoms with Crippen LogP contribution in [0.4, 0.5) is 0 Å². The second kappa shape index (κ2) is 5.29. The van der Waals surface area contributed by atoms with Crippen molar-refractivity contribution < 1.29 is 4.74 Å². The minimum atomic E-state index is 0.423. The molecule has 0 saturated carbocycles. The van der Waals surface area contributed by atoms with Crippen molar-refractivity contribution in [2.24, 2.45) is 5.92 Å². The summed E-state index contributed by atoms with van der Waals surface area (Å²) in [5.41, 5.74) is 1.27. The first kappa shape index (κ1) is 10.7. The Morgan fingerprint density at radius 3 is 2.87 bits per heavy atom. The lowest BCUT2D eigenvalue weighted by molar-refractivity contribution is -0.00977. The van der Waals surface area contributed by atoms with Crippen LogP contribution >= 0.6 is 0 Å². The number of ether oxygens (including phenoxy) is 1. The molecule has 0 aliphatic carbocycles. The van der Waals surface area contributed by atoms with Gasteiger partial charge in [0.1, 0.15) is 0 Å². The lowest BCUT2D eigenvalue weighted by atomic mass is 9.98. The lowest BCUT2D eigenvalue weighted by Gasteiger charge is -2.29. The van der Waals surface area contributed by atoms with Gasteiger partial charge in [0.2, 0.25) is 0 Å². The highest BCUT2D eigenvalue weighted by atomic mass is 16.5. The van der Waals surface area contributed by atoms with Gasteiger partial charge in [0.25, 0.3) is 0 Å². The predicted molar refractivity (Wildman–Crippen MR) is 61.7 cm³/mol. The first-order chi connectivity index (χ1) is 7.36. The summed E-state index contributed by atoms with van der Waals surface area (Å²) in [6.07, 6.45) is 1.56. The maximum atomic E-state index is 5.94. The van der Waals surface area contributed by atoms with E-state index in [1.54, 1.807) is 0 Å². The van der Waals surface area contributed by atoms with Gasteiger partial charge in [-0.25, -0.2) is 0 Å². The quantitative estimate of drug-likeness (QED) is 0.817. The molecule has 1 N–H and O–H groups in total. The normalized spacial score (nSPS) is 26.5. The van der Waals surface area contributed by atoms with E-state index in [9.17, 15) is 0 Å². The molecule has 0 bridgehead atoms. The number of hydrogen-bond acceptors (Lipinski definition) is 2. The molecule has 1 fully saturated rings. The van der Waals surface area contributed by atoms with Crippen molar-refractivity contribution in [1.82, 2.24) is 5.32 Å². The van der Waals surface area contributed by atoms with E-state index in [-0.39, 0.29) is 0 Å². The van der Waals surface area contributed by atoms with E-state index in [1.165, 1.54) is 5.56 Å². The highest BCUT2D eigenvalue weighted by molar-refractivity contribution is 5.13. The van der Waals surface area contributed by atoms with Crippen molar-refractivity contribution in [3.8, 4) is 0 Å². The van der Waals surface area contributed by atoms with Crippen LogP contribution in [0.1, 0.15) is 18.9 Å². The third kappa shape index (κ3) is 3.05. The summed E-state index contributed by atoms with van der Waals surface area (Å²) in [5.74, 6) is 0.627. The van der Waals surface area contributed by atoms with Gasteiger partial charge < -0.3 is 10.1 Å². The summed E-state index contributed by atoms with van der Waals surface area (Å²) in [6.45, 7) is 5.17. The minimum Gasteiger partial charge on any atom is -0.373 e. The van der Waals surface area contributed by atoms with Gasteiger partial charge in [0.15, 0.2) is 0 Å². The zero-order chi connectivity index (χ0) is 10.5. The van der Waals surface area contributed by atoms with Crippen LogP contribution in [0.2, 0.25) is 0 Å². The fourth-order valence-electron chi connectivity index (χ4n) is 2.02. The zero-order valence-electron chi connectivity index (χ0n) is 9.28. The number of rotatable bonds is 3. The highest BCUT2D eigenvalue weighted by Gasteiger charge is 2.21. The second-order valence-electron chi connectivity index (χ2n) is 4.31. The van der Waals surface area contributed by atoms with Crippen molar-refractivity contribution in [2.45, 2.75) is 26.1 Å². The SMILES string of the molecule is CC1CNCCC1OCc1ccccc1. The lowest BCUT2D eigenvalue weighted by Crippen LogP contribution is -2.39. The van der Waals surface area contributed by atoms with Crippen LogP contribution < -0.4 is 5.32 Å². The van der Waals surface area contributed by atoms with Crippen molar-refractivity contribution in [3.63, 3.8) is 0 Å². The fraction of sp³-hybridized carbons (Fsp3) is 0.538. The molecule has 1 heterocycles. The monoisotopic (exact) mass is 205 g/mol. The van der Waals surface area contributed by atoms with E-state index in [1.807, 2.05) is 6.07 Å². The largest absolute Gasteiger partial charge is 0.373 e. The van der Waals surface area contributed by atoms with Gasteiger partial charge in [-0.15, -0.1) is 0 Å². The average Bonchev–Trinajstić information content (AvgIpc) is 2.29. The maximum Gasteiger partial charge on any atom is 0.0720 e. The van der Waals surface area contributed by atoms with Crippen LogP contribution in [-0.4, -0.2) is 19.2 Å². The smallest absolute Gasteiger partial charge is 0.0720 e. The van der Waals surface area contributed by atoms with Crippen molar-refractivity contribution >= 4 is 0 Å². The number of piperidine rings is 1. The third-order valence-electron chi connectivity index (χ3n) is 3.01. The topological polar surface area (TPSA) is 21.3 Å². The summed E-state index contributed by atoms with van der Waals surface area (Å²) < 4.78 is 5.94. The third-order valence-corrected chi connectivity index (χ3v) is 3.01. The molecule has 1 aliphatic heterocycles. The Morgan fingerprint density at radius 1 is 1.33 bits per heavy atom. The summed E-state index contributed by atoms with van der Waals surface area (Å²) >= 11 is 0. The second-order valence-corrected chi connectivity index (χ2v) is 4.31.